The first kappa shape index (κ1) is 25.4. The third-order valence-corrected chi connectivity index (χ3v) is 7.07. The molecule has 1 aliphatic carbocycles. The Kier molecular flexibility index (Phi) is 5.93. The molecule has 1 fully saturated rings. The van der Waals surface area contributed by atoms with Gasteiger partial charge < -0.3 is 34.7 Å². The summed E-state index contributed by atoms with van der Waals surface area (Å²) in [4.78, 5) is 13.3. The summed E-state index contributed by atoms with van der Waals surface area (Å²) in [6.07, 6.45) is -3.97. The van der Waals surface area contributed by atoms with Crippen molar-refractivity contribution >= 4 is 22.5 Å². The smallest absolute Gasteiger partial charge is 0.395 e. The van der Waals surface area contributed by atoms with Crippen LogP contribution in [-0.4, -0.2) is 51.4 Å². The highest BCUT2D eigenvalue weighted by atomic mass is 19.3. The molecule has 1 aliphatic heterocycles. The normalized spacial score (nSPS) is 18.2. The quantitative estimate of drug-likeness (QED) is 0.359. The van der Waals surface area contributed by atoms with Crippen molar-refractivity contribution < 1.29 is 44.2 Å². The van der Waals surface area contributed by atoms with Crippen LogP contribution in [0, 0.1) is 5.82 Å². The van der Waals surface area contributed by atoms with E-state index in [4.69, 9.17) is 0 Å². The van der Waals surface area contributed by atoms with Crippen molar-refractivity contribution in [2.75, 3.05) is 18.5 Å². The molecule has 1 atom stereocenters. The van der Waals surface area contributed by atoms with Crippen LogP contribution in [-0.2, 0) is 22.2 Å². The predicted octanol–water partition coefficient (Wildman–Crippen LogP) is 3.64. The number of ether oxygens (including phenoxy) is 2. The summed E-state index contributed by atoms with van der Waals surface area (Å²) in [6.45, 7) is 2.86. The number of carbonyl (C=O) groups is 1. The Morgan fingerprint density at radius 1 is 1.16 bits per heavy atom. The minimum absolute atomic E-state index is 0. The van der Waals surface area contributed by atoms with Gasteiger partial charge in [-0.25, -0.2) is 4.39 Å². The van der Waals surface area contributed by atoms with E-state index in [1.54, 1.807) is 24.5 Å². The maximum Gasteiger partial charge on any atom is 0.586 e. The lowest BCUT2D eigenvalue weighted by molar-refractivity contribution is -0.286. The first-order chi connectivity index (χ1) is 17.4. The number of nitrogens with one attached hydrogen (secondary N) is 1. The van der Waals surface area contributed by atoms with E-state index in [1.807, 2.05) is 0 Å². The number of aliphatic hydroxyl groups is 3. The van der Waals surface area contributed by atoms with Gasteiger partial charge in [-0.05, 0) is 42.7 Å². The van der Waals surface area contributed by atoms with E-state index in [-0.39, 0.29) is 31.8 Å². The summed E-state index contributed by atoms with van der Waals surface area (Å²) in [7, 11) is 0. The number of carbonyl (C=O) groups excluding carboxylic acids is 1. The molecule has 2 aliphatic rings. The zero-order chi connectivity index (χ0) is 26.8. The van der Waals surface area contributed by atoms with Crippen LogP contribution in [0.3, 0.4) is 0 Å². The molecule has 1 saturated carbocycles. The number of aromatic nitrogens is 1. The van der Waals surface area contributed by atoms with E-state index in [0.29, 0.717) is 35.0 Å². The number of alkyl halides is 2. The van der Waals surface area contributed by atoms with Crippen LogP contribution in [0.4, 0.5) is 18.9 Å². The number of benzene rings is 2. The third-order valence-electron chi connectivity index (χ3n) is 7.07. The number of hydrogen-bond donors (Lipinski definition) is 4. The van der Waals surface area contributed by atoms with Crippen LogP contribution < -0.4 is 14.8 Å². The first-order valence-electron chi connectivity index (χ1n) is 11.8. The predicted molar refractivity (Wildman–Crippen MR) is 129 cm³/mol. The Balaban J connectivity index is 0.00000336. The lowest BCUT2D eigenvalue weighted by atomic mass is 9.90. The van der Waals surface area contributed by atoms with Gasteiger partial charge in [0.25, 0.3) is 0 Å². The topological polar surface area (TPSA) is 113 Å². The van der Waals surface area contributed by atoms with Crippen molar-refractivity contribution in [1.29, 1.82) is 0 Å². The minimum Gasteiger partial charge on any atom is -0.395 e. The van der Waals surface area contributed by atoms with Gasteiger partial charge in [0, 0.05) is 24.0 Å². The molecule has 1 aromatic heterocycles. The molecule has 2 aromatic carbocycles. The van der Waals surface area contributed by atoms with Crippen molar-refractivity contribution in [3.63, 3.8) is 0 Å². The molecule has 2 heterocycles. The second-order valence-corrected chi connectivity index (χ2v) is 10.3. The molecule has 11 heteroatoms. The largest absolute Gasteiger partial charge is 0.586 e. The van der Waals surface area contributed by atoms with E-state index in [0.717, 1.165) is 0 Å². The van der Waals surface area contributed by atoms with Crippen LogP contribution >= 0.6 is 0 Å². The molecule has 0 spiro atoms. The number of rotatable bonds is 8. The summed E-state index contributed by atoms with van der Waals surface area (Å²) in [5.41, 5.74) is -0.304. The van der Waals surface area contributed by atoms with Gasteiger partial charge in [-0.15, -0.1) is 8.78 Å². The van der Waals surface area contributed by atoms with Gasteiger partial charge in [0.1, 0.15) is 5.82 Å². The van der Waals surface area contributed by atoms with Gasteiger partial charge in [-0.3, -0.25) is 4.79 Å². The Bertz CT molecular complexity index is 1390. The Morgan fingerprint density at radius 2 is 1.86 bits per heavy atom. The van der Waals surface area contributed by atoms with Gasteiger partial charge in [-0.1, -0.05) is 19.9 Å². The standard InChI is InChI=1S/C26H27F3N2O6.H2/c1-24(2,13-33)22-8-14-7-18(17(27)10-19(14)31(22)11-16(34)12-32)30-23(35)25(5-6-25)15-3-4-20-21(9-15)37-26(28,29)36-20;/h3-4,7-10,16,32-34H,5-6,11-13H2,1-2H3,(H,30,35);1H/t16-;/m1./s1. The molecule has 4 N–H and O–H groups in total. The van der Waals surface area contributed by atoms with Crippen molar-refractivity contribution in [3.05, 3.63) is 53.5 Å². The Hall–Kier alpha value is -3.28. The minimum atomic E-state index is -3.77. The summed E-state index contributed by atoms with van der Waals surface area (Å²) >= 11 is 0. The second-order valence-electron chi connectivity index (χ2n) is 10.3. The monoisotopic (exact) mass is 522 g/mol. The Labute approximate surface area is 211 Å². The highest BCUT2D eigenvalue weighted by molar-refractivity contribution is 6.02. The molecule has 0 radical (unpaired) electrons. The van der Waals surface area contributed by atoms with Gasteiger partial charge in [-0.2, -0.15) is 0 Å². The van der Waals surface area contributed by atoms with Gasteiger partial charge in [0.15, 0.2) is 11.5 Å². The van der Waals surface area contributed by atoms with Crippen LogP contribution in [0.1, 0.15) is 39.4 Å². The molecule has 5 rings (SSSR count). The number of fused-ring (bicyclic) bond motifs is 2. The van der Waals surface area contributed by atoms with E-state index >= 15 is 4.39 Å². The molecule has 0 unspecified atom stereocenters. The zero-order valence-electron chi connectivity index (χ0n) is 20.2. The average Bonchev–Trinajstić information content (AvgIpc) is 3.50. The average molecular weight is 523 g/mol. The number of hydrogen-bond acceptors (Lipinski definition) is 6. The highest BCUT2D eigenvalue weighted by Crippen LogP contribution is 2.52. The van der Waals surface area contributed by atoms with E-state index in [1.165, 1.54) is 30.3 Å². The lowest BCUT2D eigenvalue weighted by Crippen LogP contribution is -2.29. The van der Waals surface area contributed by atoms with Crippen molar-refractivity contribution in [2.24, 2.45) is 0 Å². The van der Waals surface area contributed by atoms with Gasteiger partial charge in [0.05, 0.1) is 42.5 Å². The summed E-state index contributed by atoms with van der Waals surface area (Å²) in [5.74, 6) is -1.49. The highest BCUT2D eigenvalue weighted by Gasteiger charge is 2.53. The molecule has 3 aromatic rings. The van der Waals surface area contributed by atoms with E-state index in [9.17, 15) is 28.9 Å². The fourth-order valence-corrected chi connectivity index (χ4v) is 4.75. The van der Waals surface area contributed by atoms with Crippen LogP contribution in [0.5, 0.6) is 11.5 Å². The zero-order valence-corrected chi connectivity index (χ0v) is 20.2. The molecule has 37 heavy (non-hydrogen) atoms. The van der Waals surface area contributed by atoms with Crippen LogP contribution in [0.2, 0.25) is 0 Å². The molecule has 200 valence electrons. The van der Waals surface area contributed by atoms with Gasteiger partial charge in [0.2, 0.25) is 5.91 Å². The van der Waals surface area contributed by atoms with E-state index in [2.05, 4.69) is 14.8 Å². The van der Waals surface area contributed by atoms with Crippen molar-refractivity contribution in [2.45, 2.75) is 56.5 Å². The molecular formula is C26H29F3N2O6. The fourth-order valence-electron chi connectivity index (χ4n) is 4.75. The second kappa shape index (κ2) is 8.64. The molecule has 8 nitrogen and oxygen atoms in total. The SMILES string of the molecule is CC(C)(CO)c1cc2cc(NC(=O)C3(c4ccc5c(c4)OC(F)(F)O5)CC3)c(F)cc2n1C[C@@H](O)CO.[HH]. The van der Waals surface area contributed by atoms with Crippen molar-refractivity contribution in [3.8, 4) is 11.5 Å². The van der Waals surface area contributed by atoms with Crippen molar-refractivity contribution in [1.82, 2.24) is 4.57 Å². The third kappa shape index (κ3) is 4.41. The number of anilines is 1. The maximum atomic E-state index is 15.2. The summed E-state index contributed by atoms with van der Waals surface area (Å²) in [5, 5.41) is 32.5. The van der Waals surface area contributed by atoms with Gasteiger partial charge >= 0.3 is 6.29 Å². The lowest BCUT2D eigenvalue weighted by Gasteiger charge is -2.25. The van der Waals surface area contributed by atoms with Crippen LogP contribution in [0.15, 0.2) is 36.4 Å². The molecular weight excluding hydrogens is 493 g/mol. The first-order valence-corrected chi connectivity index (χ1v) is 11.8. The van der Waals surface area contributed by atoms with E-state index < -0.39 is 41.6 Å². The number of halogens is 3. The molecule has 0 saturated heterocycles. The number of nitrogens with zero attached hydrogens (tertiary/aromatic N) is 1. The summed E-state index contributed by atoms with van der Waals surface area (Å²) in [6, 6.07) is 8.63. The number of amides is 1. The maximum absolute atomic E-state index is 15.2. The van der Waals surface area contributed by atoms with Crippen LogP contribution in [0.25, 0.3) is 10.9 Å². The number of aliphatic hydroxyl groups excluding tert-OH is 3. The summed E-state index contributed by atoms with van der Waals surface area (Å²) < 4.78 is 52.6. The fraction of sp³-hybridized carbons (Fsp3) is 0.423. The Morgan fingerprint density at radius 3 is 2.51 bits per heavy atom. The molecule has 1 amide bonds. The molecule has 0 bridgehead atoms.